The molecule has 1 N–H and O–H groups in total. The smallest absolute Gasteiger partial charge is 0.408 e. The highest BCUT2D eigenvalue weighted by molar-refractivity contribution is 5.86. The molecule has 86 valence electrons. The Morgan fingerprint density at radius 1 is 1.47 bits per heavy atom. The van der Waals surface area contributed by atoms with E-state index in [0.717, 1.165) is 0 Å². The fraction of sp³-hybridized carbons (Fsp3) is 0.636. The van der Waals surface area contributed by atoms with Crippen molar-refractivity contribution in [2.45, 2.75) is 33.3 Å². The number of carbonyl (C=O) groups is 2. The summed E-state index contributed by atoms with van der Waals surface area (Å²) in [7, 11) is 0. The van der Waals surface area contributed by atoms with Gasteiger partial charge in [0.25, 0.3) is 0 Å². The summed E-state index contributed by atoms with van der Waals surface area (Å²) in [5.41, 5.74) is -0.544. The Kier molecular flexibility index (Phi) is 5.05. The summed E-state index contributed by atoms with van der Waals surface area (Å²) < 4.78 is 4.97. The average molecular weight is 213 g/mol. The quantitative estimate of drug-likeness (QED) is 0.726. The topological polar surface area (TPSA) is 55.4 Å². The molecule has 4 heteroatoms. The van der Waals surface area contributed by atoms with Crippen LogP contribution >= 0.6 is 0 Å². The van der Waals surface area contributed by atoms with Gasteiger partial charge in [0.05, 0.1) is 6.54 Å². The highest BCUT2D eigenvalue weighted by Gasteiger charge is 2.17. The number of amides is 1. The minimum Gasteiger partial charge on any atom is -0.444 e. The van der Waals surface area contributed by atoms with E-state index in [1.54, 1.807) is 33.8 Å². The molecule has 0 aromatic heterocycles. The first kappa shape index (κ1) is 13.7. The molecular formula is C11H19NO3. The summed E-state index contributed by atoms with van der Waals surface area (Å²) in [6, 6.07) is 0. The third kappa shape index (κ3) is 6.71. The van der Waals surface area contributed by atoms with Gasteiger partial charge in [0.15, 0.2) is 5.78 Å². The highest BCUT2D eigenvalue weighted by atomic mass is 16.6. The summed E-state index contributed by atoms with van der Waals surface area (Å²) >= 11 is 0. The van der Waals surface area contributed by atoms with Gasteiger partial charge in [-0.25, -0.2) is 4.79 Å². The van der Waals surface area contributed by atoms with E-state index in [9.17, 15) is 9.59 Å². The lowest BCUT2D eigenvalue weighted by atomic mass is 10.1. The minimum atomic E-state index is -0.577. The lowest BCUT2D eigenvalue weighted by Gasteiger charge is -2.19. The standard InChI is InChI=1S/C11H19NO3/c1-6-8(2)9(13)7-12-10(14)15-11(3,4)5/h6,8H,1,7H2,2-5H3,(H,12,14). The van der Waals surface area contributed by atoms with E-state index in [1.807, 2.05) is 0 Å². The number of hydrogen-bond donors (Lipinski definition) is 1. The van der Waals surface area contributed by atoms with E-state index < -0.39 is 11.7 Å². The summed E-state index contributed by atoms with van der Waals surface area (Å²) in [6.07, 6.45) is 0.964. The Morgan fingerprint density at radius 3 is 2.40 bits per heavy atom. The van der Waals surface area contributed by atoms with Crippen LogP contribution in [0.4, 0.5) is 4.79 Å². The van der Waals surface area contributed by atoms with E-state index in [2.05, 4.69) is 11.9 Å². The van der Waals surface area contributed by atoms with E-state index in [1.165, 1.54) is 0 Å². The second kappa shape index (κ2) is 5.53. The van der Waals surface area contributed by atoms with Crippen molar-refractivity contribution in [2.75, 3.05) is 6.54 Å². The van der Waals surface area contributed by atoms with Crippen LogP contribution in [0.3, 0.4) is 0 Å². The van der Waals surface area contributed by atoms with E-state index >= 15 is 0 Å². The zero-order chi connectivity index (χ0) is 12.1. The number of ketones is 1. The lowest BCUT2D eigenvalue weighted by Crippen LogP contribution is -2.36. The number of alkyl carbamates (subject to hydrolysis) is 1. The highest BCUT2D eigenvalue weighted by Crippen LogP contribution is 2.06. The number of rotatable bonds is 4. The first-order chi connectivity index (χ1) is 6.76. The van der Waals surface area contributed by atoms with Crippen LogP contribution < -0.4 is 5.32 Å². The maximum atomic E-state index is 11.3. The Labute approximate surface area is 90.7 Å². The van der Waals surface area contributed by atoms with Crippen molar-refractivity contribution in [1.82, 2.24) is 5.32 Å². The maximum Gasteiger partial charge on any atom is 0.408 e. The average Bonchev–Trinajstić information content (AvgIpc) is 2.10. The van der Waals surface area contributed by atoms with Gasteiger partial charge in [-0.15, -0.1) is 6.58 Å². The Balaban J connectivity index is 3.92. The molecule has 1 unspecified atom stereocenters. The van der Waals surface area contributed by atoms with Gasteiger partial charge < -0.3 is 10.1 Å². The van der Waals surface area contributed by atoms with Crippen molar-refractivity contribution in [2.24, 2.45) is 5.92 Å². The van der Waals surface area contributed by atoms with Crippen LogP contribution in [0.15, 0.2) is 12.7 Å². The Morgan fingerprint density at radius 2 is 2.00 bits per heavy atom. The fourth-order valence-electron chi connectivity index (χ4n) is 0.766. The molecule has 0 saturated carbocycles. The number of Topliss-reactive ketones (excluding diaryl/α,β-unsaturated/α-hetero) is 1. The van der Waals surface area contributed by atoms with Crippen molar-refractivity contribution in [3.05, 3.63) is 12.7 Å². The second-order valence-corrected chi connectivity index (χ2v) is 4.35. The number of nitrogens with one attached hydrogen (secondary N) is 1. The Hall–Kier alpha value is -1.32. The second-order valence-electron chi connectivity index (χ2n) is 4.35. The van der Waals surface area contributed by atoms with Crippen LogP contribution in [0, 0.1) is 5.92 Å². The normalized spacial score (nSPS) is 12.8. The van der Waals surface area contributed by atoms with Gasteiger partial charge in [-0.2, -0.15) is 0 Å². The Bertz CT molecular complexity index is 253. The number of ether oxygens (including phenoxy) is 1. The molecule has 0 aliphatic heterocycles. The minimum absolute atomic E-state index is 0.0257. The van der Waals surface area contributed by atoms with E-state index in [-0.39, 0.29) is 18.2 Å². The first-order valence-electron chi connectivity index (χ1n) is 4.88. The van der Waals surface area contributed by atoms with Crippen LogP contribution in [-0.4, -0.2) is 24.0 Å². The molecular weight excluding hydrogens is 194 g/mol. The lowest BCUT2D eigenvalue weighted by molar-refractivity contribution is -0.120. The molecule has 0 aliphatic carbocycles. The molecule has 0 rings (SSSR count). The maximum absolute atomic E-state index is 11.3. The summed E-state index contributed by atoms with van der Waals surface area (Å²) in [4.78, 5) is 22.5. The van der Waals surface area contributed by atoms with Gasteiger partial charge >= 0.3 is 6.09 Å². The molecule has 0 aromatic carbocycles. The molecule has 0 aromatic rings. The summed E-state index contributed by atoms with van der Waals surface area (Å²) in [5.74, 6) is -0.337. The molecule has 1 atom stereocenters. The van der Waals surface area contributed by atoms with Crippen LogP contribution in [0.2, 0.25) is 0 Å². The summed E-state index contributed by atoms with van der Waals surface area (Å²) in [6.45, 7) is 10.5. The fourth-order valence-corrected chi connectivity index (χ4v) is 0.766. The molecule has 0 radical (unpaired) electrons. The van der Waals surface area contributed by atoms with Gasteiger partial charge in [-0.1, -0.05) is 13.0 Å². The SMILES string of the molecule is C=CC(C)C(=O)CNC(=O)OC(C)(C)C. The zero-order valence-corrected chi connectivity index (χ0v) is 9.79. The van der Waals surface area contributed by atoms with Gasteiger partial charge in [-0.3, -0.25) is 4.79 Å². The monoisotopic (exact) mass is 213 g/mol. The molecule has 0 spiro atoms. The third-order valence-electron chi connectivity index (χ3n) is 1.67. The number of carbonyl (C=O) groups excluding carboxylic acids is 2. The largest absolute Gasteiger partial charge is 0.444 e. The zero-order valence-electron chi connectivity index (χ0n) is 9.79. The van der Waals surface area contributed by atoms with Crippen molar-refractivity contribution >= 4 is 11.9 Å². The molecule has 4 nitrogen and oxygen atoms in total. The van der Waals surface area contributed by atoms with Gasteiger partial charge in [0, 0.05) is 5.92 Å². The number of allylic oxidation sites excluding steroid dienone is 1. The molecule has 1 amide bonds. The van der Waals surface area contributed by atoms with Gasteiger partial charge in [0.2, 0.25) is 0 Å². The number of hydrogen-bond acceptors (Lipinski definition) is 3. The van der Waals surface area contributed by atoms with Gasteiger partial charge in [0.1, 0.15) is 5.60 Å². The predicted octanol–water partition coefficient (Wildman–Crippen LogP) is 1.90. The van der Waals surface area contributed by atoms with Crippen molar-refractivity contribution < 1.29 is 14.3 Å². The van der Waals surface area contributed by atoms with Crippen LogP contribution in [0.25, 0.3) is 0 Å². The first-order valence-corrected chi connectivity index (χ1v) is 4.88. The third-order valence-corrected chi connectivity index (χ3v) is 1.67. The summed E-state index contributed by atoms with van der Waals surface area (Å²) in [5, 5.41) is 2.40. The van der Waals surface area contributed by atoms with Crippen molar-refractivity contribution in [3.63, 3.8) is 0 Å². The van der Waals surface area contributed by atoms with E-state index in [4.69, 9.17) is 4.74 Å². The van der Waals surface area contributed by atoms with Crippen molar-refractivity contribution in [1.29, 1.82) is 0 Å². The van der Waals surface area contributed by atoms with E-state index in [0.29, 0.717) is 0 Å². The van der Waals surface area contributed by atoms with Gasteiger partial charge in [-0.05, 0) is 20.8 Å². The van der Waals surface area contributed by atoms with Crippen LogP contribution in [0.1, 0.15) is 27.7 Å². The molecule has 0 aliphatic rings. The predicted molar refractivity (Wildman–Crippen MR) is 58.6 cm³/mol. The molecule has 0 heterocycles. The van der Waals surface area contributed by atoms with Crippen molar-refractivity contribution in [3.8, 4) is 0 Å². The molecule has 0 fully saturated rings. The van der Waals surface area contributed by atoms with Crippen LogP contribution in [0.5, 0.6) is 0 Å². The molecule has 15 heavy (non-hydrogen) atoms. The molecule has 0 bridgehead atoms. The molecule has 0 saturated heterocycles. The van der Waals surface area contributed by atoms with Crippen LogP contribution in [-0.2, 0) is 9.53 Å².